The molecule has 0 saturated heterocycles. The first kappa shape index (κ1) is 35.8. The zero-order valence-corrected chi connectivity index (χ0v) is 25.8. The van der Waals surface area contributed by atoms with Gasteiger partial charge >= 0.3 is 11.9 Å². The first-order valence-corrected chi connectivity index (χ1v) is 15.6. The van der Waals surface area contributed by atoms with Crippen molar-refractivity contribution in [2.75, 3.05) is 6.61 Å². The summed E-state index contributed by atoms with van der Waals surface area (Å²) in [6.07, 6.45) is 12.5. The number of rotatable bonds is 22. The molecule has 2 rings (SSSR count). The van der Waals surface area contributed by atoms with E-state index >= 15 is 0 Å². The van der Waals surface area contributed by atoms with Crippen LogP contribution in [0.2, 0.25) is 0 Å². The smallest absolute Gasteiger partial charge is 0.338 e. The highest BCUT2D eigenvalue weighted by molar-refractivity contribution is 6.14. The Kier molecular flexibility index (Phi) is 17.1. The molecule has 0 aliphatic heterocycles. The number of aliphatic hydroxyl groups is 2. The highest BCUT2D eigenvalue weighted by Gasteiger charge is 2.31. The van der Waals surface area contributed by atoms with E-state index in [0.29, 0.717) is 23.3 Å². The van der Waals surface area contributed by atoms with Crippen LogP contribution < -0.4 is 0 Å². The van der Waals surface area contributed by atoms with Crippen LogP contribution in [0.3, 0.4) is 0 Å². The van der Waals surface area contributed by atoms with E-state index in [2.05, 4.69) is 6.92 Å². The van der Waals surface area contributed by atoms with Crippen LogP contribution in [0.15, 0.2) is 42.5 Å². The topological polar surface area (TPSA) is 127 Å². The summed E-state index contributed by atoms with van der Waals surface area (Å²) in [5.74, 6) is -2.72. The first-order valence-electron chi connectivity index (χ1n) is 15.6. The van der Waals surface area contributed by atoms with E-state index in [1.165, 1.54) is 82.1 Å². The minimum absolute atomic E-state index is 0.148. The van der Waals surface area contributed by atoms with Gasteiger partial charge in [-0.05, 0) is 35.2 Å². The summed E-state index contributed by atoms with van der Waals surface area (Å²) >= 11 is 0. The van der Waals surface area contributed by atoms with E-state index in [1.807, 2.05) is 0 Å². The Hall–Kier alpha value is -3.36. The molecule has 0 fully saturated rings. The van der Waals surface area contributed by atoms with Gasteiger partial charge in [0.1, 0.15) is 0 Å². The third-order valence-corrected chi connectivity index (χ3v) is 7.44. The highest BCUT2D eigenvalue weighted by Crippen LogP contribution is 2.19. The maximum absolute atomic E-state index is 13.2. The van der Waals surface area contributed by atoms with Crippen LogP contribution >= 0.6 is 0 Å². The second kappa shape index (κ2) is 20.5. The molecule has 0 aromatic heterocycles. The predicted molar refractivity (Wildman–Crippen MR) is 165 cm³/mol. The summed E-state index contributed by atoms with van der Waals surface area (Å²) in [5, 5.41) is 19.1. The third kappa shape index (κ3) is 13.2. The quantitative estimate of drug-likeness (QED) is 0.0687. The normalized spacial score (nSPS) is 11.6. The summed E-state index contributed by atoms with van der Waals surface area (Å²) < 4.78 is 10.5. The monoisotopic (exact) mass is 596 g/mol. The van der Waals surface area contributed by atoms with Crippen LogP contribution in [0.4, 0.5) is 0 Å². The summed E-state index contributed by atoms with van der Waals surface area (Å²) in [6.45, 7) is 3.05. The van der Waals surface area contributed by atoms with Gasteiger partial charge in [0.2, 0.25) is 11.9 Å². The predicted octanol–water partition coefficient (Wildman–Crippen LogP) is 6.46. The van der Waals surface area contributed by atoms with Crippen LogP contribution in [0, 0.1) is 0 Å². The van der Waals surface area contributed by atoms with Gasteiger partial charge in [-0.15, -0.1) is 0 Å². The fraction of sp³-hybridized carbons (Fsp3) is 0.543. The lowest BCUT2D eigenvalue weighted by Crippen LogP contribution is -2.36. The number of hydrogen-bond acceptors (Lipinski definition) is 8. The van der Waals surface area contributed by atoms with Crippen LogP contribution in [0.1, 0.15) is 128 Å². The minimum atomic E-state index is -1.69. The van der Waals surface area contributed by atoms with Gasteiger partial charge in [-0.2, -0.15) is 0 Å². The van der Waals surface area contributed by atoms with E-state index in [9.17, 15) is 29.4 Å². The highest BCUT2D eigenvalue weighted by atomic mass is 16.5. The van der Waals surface area contributed by atoms with Gasteiger partial charge in [-0.3, -0.25) is 14.4 Å². The Bertz CT molecular complexity index is 1150. The molecule has 0 amide bonds. The number of carbonyl (C=O) groups excluding carboxylic acids is 4. The van der Waals surface area contributed by atoms with E-state index in [4.69, 9.17) is 9.47 Å². The molecule has 1 unspecified atom stereocenters. The average Bonchev–Trinajstić information content (AvgIpc) is 3.01. The Balaban J connectivity index is 1.88. The molecular weight excluding hydrogens is 548 g/mol. The van der Waals surface area contributed by atoms with Crippen molar-refractivity contribution in [1.29, 1.82) is 0 Å². The maximum atomic E-state index is 13.2. The number of aliphatic hydroxyl groups excluding tert-OH is 2. The van der Waals surface area contributed by atoms with Gasteiger partial charge in [0.25, 0.3) is 0 Å². The van der Waals surface area contributed by atoms with Crippen LogP contribution in [-0.4, -0.2) is 46.4 Å². The molecule has 1 atom stereocenters. The largest absolute Gasteiger partial charge is 0.462 e. The SMILES string of the molecule is CCCCCCCCCCCCCCOC(=O)c1ccc(CO)c(CC(=O)C(OC(C)=O)C(=O)c2ccc(CO)cc2)c1. The van der Waals surface area contributed by atoms with Crippen molar-refractivity contribution >= 4 is 23.5 Å². The Morgan fingerprint density at radius 1 is 0.698 bits per heavy atom. The Morgan fingerprint density at radius 3 is 1.79 bits per heavy atom. The fourth-order valence-corrected chi connectivity index (χ4v) is 4.90. The number of carbonyl (C=O) groups is 4. The maximum Gasteiger partial charge on any atom is 0.338 e. The molecule has 43 heavy (non-hydrogen) atoms. The lowest BCUT2D eigenvalue weighted by Gasteiger charge is -2.16. The summed E-state index contributed by atoms with van der Waals surface area (Å²) in [7, 11) is 0. The van der Waals surface area contributed by atoms with E-state index in [0.717, 1.165) is 26.2 Å². The van der Waals surface area contributed by atoms with Crippen LogP contribution in [-0.2, 0) is 38.7 Å². The minimum Gasteiger partial charge on any atom is -0.462 e. The van der Waals surface area contributed by atoms with Crippen molar-refractivity contribution < 1.29 is 38.9 Å². The Morgan fingerprint density at radius 2 is 1.26 bits per heavy atom. The Labute approximate surface area is 255 Å². The molecule has 236 valence electrons. The van der Waals surface area contributed by atoms with Crippen molar-refractivity contribution in [3.8, 4) is 0 Å². The third-order valence-electron chi connectivity index (χ3n) is 7.44. The number of esters is 2. The first-order chi connectivity index (χ1) is 20.8. The van der Waals surface area contributed by atoms with Gasteiger partial charge in [0.15, 0.2) is 5.78 Å². The molecule has 8 nitrogen and oxygen atoms in total. The number of hydrogen-bond donors (Lipinski definition) is 2. The summed E-state index contributed by atoms with van der Waals surface area (Å²) in [5.41, 5.74) is 1.71. The standard InChI is InChI=1S/C35H48O8/c1-3-4-5-6-7-8-9-10-11-12-13-14-21-42-35(41)29-19-20-30(25-37)31(22-29)23-32(39)34(43-26(2)38)33(40)28-17-15-27(24-36)16-18-28/h15-20,22,34,36-37H,3-14,21,23-25H2,1-2H3. The van der Waals surface area contributed by atoms with E-state index < -0.39 is 29.6 Å². The molecule has 8 heteroatoms. The van der Waals surface area contributed by atoms with Crippen molar-refractivity contribution in [2.24, 2.45) is 0 Å². The molecule has 2 aromatic carbocycles. The molecular formula is C35H48O8. The molecule has 0 radical (unpaired) electrons. The van der Waals surface area contributed by atoms with Crippen molar-refractivity contribution in [3.63, 3.8) is 0 Å². The molecule has 0 aliphatic carbocycles. The lowest BCUT2D eigenvalue weighted by atomic mass is 9.94. The lowest BCUT2D eigenvalue weighted by molar-refractivity contribution is -0.150. The zero-order valence-electron chi connectivity index (χ0n) is 25.8. The van der Waals surface area contributed by atoms with Crippen LogP contribution in [0.5, 0.6) is 0 Å². The molecule has 0 bridgehead atoms. The molecule has 0 saturated carbocycles. The molecule has 2 N–H and O–H groups in total. The zero-order chi connectivity index (χ0) is 31.5. The van der Waals surface area contributed by atoms with Gasteiger partial charge in [-0.1, -0.05) is 108 Å². The van der Waals surface area contributed by atoms with Gasteiger partial charge in [0.05, 0.1) is 25.4 Å². The van der Waals surface area contributed by atoms with Crippen molar-refractivity contribution in [3.05, 3.63) is 70.3 Å². The second-order valence-electron chi connectivity index (χ2n) is 11.0. The molecule has 0 aliphatic rings. The molecule has 0 spiro atoms. The fourth-order valence-electron chi connectivity index (χ4n) is 4.90. The number of unbranched alkanes of at least 4 members (excludes halogenated alkanes) is 11. The van der Waals surface area contributed by atoms with Gasteiger partial charge < -0.3 is 19.7 Å². The molecule has 0 heterocycles. The number of benzene rings is 2. The summed E-state index contributed by atoms with van der Waals surface area (Å²) in [4.78, 5) is 50.7. The average molecular weight is 597 g/mol. The van der Waals surface area contributed by atoms with E-state index in [1.54, 1.807) is 18.2 Å². The van der Waals surface area contributed by atoms with Crippen LogP contribution in [0.25, 0.3) is 0 Å². The molecule has 2 aromatic rings. The number of ether oxygens (including phenoxy) is 2. The van der Waals surface area contributed by atoms with E-state index in [-0.39, 0.29) is 30.8 Å². The number of ketones is 2. The summed E-state index contributed by atoms with van der Waals surface area (Å²) in [6, 6.07) is 10.5. The van der Waals surface area contributed by atoms with Gasteiger partial charge in [-0.25, -0.2) is 4.79 Å². The van der Waals surface area contributed by atoms with Gasteiger partial charge in [0, 0.05) is 18.9 Å². The second-order valence-corrected chi connectivity index (χ2v) is 11.0. The number of Topliss-reactive ketones (excluding diaryl/α,β-unsaturated/α-hetero) is 2. The van der Waals surface area contributed by atoms with Crippen molar-refractivity contribution in [2.45, 2.75) is 117 Å². The van der Waals surface area contributed by atoms with Crippen molar-refractivity contribution in [1.82, 2.24) is 0 Å².